The van der Waals surface area contributed by atoms with Crippen LogP contribution in [0.15, 0.2) is 44.2 Å². The van der Waals surface area contributed by atoms with Gasteiger partial charge in [-0.3, -0.25) is 4.79 Å². The lowest BCUT2D eigenvalue weighted by Crippen LogP contribution is -2.37. The van der Waals surface area contributed by atoms with Crippen LogP contribution in [0.25, 0.3) is 0 Å². The van der Waals surface area contributed by atoms with Crippen LogP contribution in [0.4, 0.5) is 0 Å². The standard InChI is InChI=1S/C20H25N3O3S2/c1-12(2)5-7-21-16(24)9-15-11-28-20-22-13(3)17(19(25)26-4)18(23(15)20)14-6-8-27-10-14/h6,8,10-12,18H,5,7,9H2,1-4H3,(H,21,24). The van der Waals surface area contributed by atoms with E-state index in [1.165, 1.54) is 18.9 Å². The second-order valence-electron chi connectivity index (χ2n) is 7.15. The lowest BCUT2D eigenvalue weighted by Gasteiger charge is -2.35. The van der Waals surface area contributed by atoms with Gasteiger partial charge in [-0.2, -0.15) is 11.3 Å². The molecule has 28 heavy (non-hydrogen) atoms. The third kappa shape index (κ3) is 4.33. The van der Waals surface area contributed by atoms with Crippen LogP contribution in [0.2, 0.25) is 0 Å². The molecule has 3 heterocycles. The zero-order valence-electron chi connectivity index (χ0n) is 16.5. The van der Waals surface area contributed by atoms with Gasteiger partial charge in [-0.05, 0) is 47.1 Å². The van der Waals surface area contributed by atoms with Crippen LogP contribution in [-0.4, -0.2) is 35.6 Å². The van der Waals surface area contributed by atoms with Gasteiger partial charge in [-0.25, -0.2) is 9.79 Å². The highest BCUT2D eigenvalue weighted by Crippen LogP contribution is 2.45. The Morgan fingerprint density at radius 3 is 2.82 bits per heavy atom. The van der Waals surface area contributed by atoms with Crippen molar-refractivity contribution in [2.75, 3.05) is 13.7 Å². The second-order valence-corrected chi connectivity index (χ2v) is 8.77. The van der Waals surface area contributed by atoms with Gasteiger partial charge in [0, 0.05) is 12.2 Å². The number of aliphatic imine (C=N–C) groups is 1. The number of carbonyl (C=O) groups is 2. The molecule has 6 nitrogen and oxygen atoms in total. The Morgan fingerprint density at radius 2 is 2.18 bits per heavy atom. The molecule has 1 atom stereocenters. The molecule has 0 saturated heterocycles. The molecule has 1 amide bonds. The summed E-state index contributed by atoms with van der Waals surface area (Å²) in [5, 5.41) is 9.72. The van der Waals surface area contributed by atoms with Crippen LogP contribution >= 0.6 is 23.1 Å². The molecular formula is C20H25N3O3S2. The van der Waals surface area contributed by atoms with Gasteiger partial charge in [0.2, 0.25) is 5.91 Å². The number of esters is 1. The number of nitrogens with one attached hydrogen (secondary N) is 1. The average molecular weight is 420 g/mol. The Morgan fingerprint density at radius 1 is 1.39 bits per heavy atom. The fourth-order valence-corrected chi connectivity index (χ4v) is 4.86. The molecular weight excluding hydrogens is 394 g/mol. The fraction of sp³-hybridized carbons (Fsp3) is 0.450. The monoisotopic (exact) mass is 419 g/mol. The number of rotatable bonds is 7. The van der Waals surface area contributed by atoms with Crippen molar-refractivity contribution in [1.82, 2.24) is 10.2 Å². The Labute approximate surface area is 173 Å². The van der Waals surface area contributed by atoms with Crippen molar-refractivity contribution >= 4 is 40.1 Å². The summed E-state index contributed by atoms with van der Waals surface area (Å²) in [4.78, 5) is 31.6. The molecule has 0 spiro atoms. The Balaban J connectivity index is 1.85. The quantitative estimate of drug-likeness (QED) is 0.675. The largest absolute Gasteiger partial charge is 0.466 e. The number of methoxy groups -OCH3 is 1. The Bertz CT molecular complexity index is 841. The van der Waals surface area contributed by atoms with Crippen molar-refractivity contribution in [2.24, 2.45) is 10.9 Å². The van der Waals surface area contributed by atoms with E-state index >= 15 is 0 Å². The molecule has 0 fully saturated rings. The summed E-state index contributed by atoms with van der Waals surface area (Å²) in [5.74, 6) is 0.124. The van der Waals surface area contributed by atoms with Crippen LogP contribution in [0.1, 0.15) is 45.2 Å². The first-order valence-corrected chi connectivity index (χ1v) is 11.1. The topological polar surface area (TPSA) is 71.0 Å². The summed E-state index contributed by atoms with van der Waals surface area (Å²) >= 11 is 3.05. The smallest absolute Gasteiger partial charge is 0.338 e. The van der Waals surface area contributed by atoms with E-state index < -0.39 is 5.97 Å². The van der Waals surface area contributed by atoms with Crippen LogP contribution in [0.3, 0.4) is 0 Å². The first-order valence-electron chi connectivity index (χ1n) is 9.23. The van der Waals surface area contributed by atoms with Crippen molar-refractivity contribution in [2.45, 2.75) is 39.7 Å². The number of thiophene rings is 1. The number of hydrogen-bond acceptors (Lipinski definition) is 7. The van der Waals surface area contributed by atoms with E-state index in [1.807, 2.05) is 34.1 Å². The Hall–Kier alpha value is -2.06. The molecule has 1 unspecified atom stereocenters. The summed E-state index contributed by atoms with van der Waals surface area (Å²) in [6, 6.07) is 1.66. The maximum atomic E-state index is 12.5. The van der Waals surface area contributed by atoms with E-state index in [4.69, 9.17) is 4.74 Å². The maximum absolute atomic E-state index is 12.5. The molecule has 0 saturated carbocycles. The van der Waals surface area contributed by atoms with Gasteiger partial charge in [0.05, 0.1) is 30.8 Å². The number of ether oxygens (including phenoxy) is 1. The Kier molecular flexibility index (Phi) is 6.61. The van der Waals surface area contributed by atoms with Crippen LogP contribution in [0.5, 0.6) is 0 Å². The van der Waals surface area contributed by atoms with Crippen molar-refractivity contribution < 1.29 is 14.3 Å². The van der Waals surface area contributed by atoms with Gasteiger partial charge in [0.25, 0.3) is 0 Å². The van der Waals surface area contributed by atoms with Gasteiger partial charge in [-0.15, -0.1) is 0 Å². The average Bonchev–Trinajstić information content (AvgIpc) is 3.30. The van der Waals surface area contributed by atoms with Gasteiger partial charge in [0.15, 0.2) is 5.17 Å². The molecule has 2 aliphatic rings. The third-order valence-electron chi connectivity index (χ3n) is 4.65. The van der Waals surface area contributed by atoms with E-state index in [0.29, 0.717) is 23.7 Å². The number of amidine groups is 1. The summed E-state index contributed by atoms with van der Waals surface area (Å²) < 4.78 is 5.03. The third-order valence-corrected chi connectivity index (χ3v) is 6.24. The summed E-state index contributed by atoms with van der Waals surface area (Å²) in [7, 11) is 1.38. The lowest BCUT2D eigenvalue weighted by atomic mass is 9.96. The molecule has 1 aromatic rings. The zero-order chi connectivity index (χ0) is 20.3. The van der Waals surface area contributed by atoms with Crippen molar-refractivity contribution in [3.05, 3.63) is 44.8 Å². The zero-order valence-corrected chi connectivity index (χ0v) is 18.2. The summed E-state index contributed by atoms with van der Waals surface area (Å²) in [5.41, 5.74) is 3.00. The molecule has 0 radical (unpaired) electrons. The second kappa shape index (κ2) is 8.96. The molecule has 2 aliphatic heterocycles. The van der Waals surface area contributed by atoms with E-state index in [2.05, 4.69) is 24.2 Å². The van der Waals surface area contributed by atoms with Crippen molar-refractivity contribution in [3.8, 4) is 0 Å². The van der Waals surface area contributed by atoms with Crippen LogP contribution < -0.4 is 5.32 Å². The first kappa shape index (κ1) is 20.7. The molecule has 8 heteroatoms. The number of nitrogens with zero attached hydrogens (tertiary/aromatic N) is 2. The number of carbonyl (C=O) groups excluding carboxylic acids is 2. The van der Waals surface area contributed by atoms with Gasteiger partial charge >= 0.3 is 5.97 Å². The highest BCUT2D eigenvalue weighted by molar-refractivity contribution is 8.16. The first-order chi connectivity index (χ1) is 13.4. The maximum Gasteiger partial charge on any atom is 0.338 e. The number of thioether (sulfide) groups is 1. The van der Waals surface area contributed by atoms with Gasteiger partial charge in [-0.1, -0.05) is 25.6 Å². The highest BCUT2D eigenvalue weighted by Gasteiger charge is 2.41. The normalized spacial score (nSPS) is 18.8. The van der Waals surface area contributed by atoms with E-state index in [-0.39, 0.29) is 18.4 Å². The molecule has 1 N–H and O–H groups in total. The minimum absolute atomic E-state index is 0.0243. The molecule has 0 aliphatic carbocycles. The lowest BCUT2D eigenvalue weighted by molar-refractivity contribution is -0.136. The van der Waals surface area contributed by atoms with Crippen molar-refractivity contribution in [1.29, 1.82) is 0 Å². The predicted molar refractivity (Wildman–Crippen MR) is 114 cm³/mol. The number of amides is 1. The predicted octanol–water partition coefficient (Wildman–Crippen LogP) is 4.05. The minimum Gasteiger partial charge on any atom is -0.466 e. The van der Waals surface area contributed by atoms with E-state index in [1.54, 1.807) is 11.3 Å². The minimum atomic E-state index is -0.394. The molecule has 0 bridgehead atoms. The number of allylic oxidation sites excluding steroid dienone is 1. The van der Waals surface area contributed by atoms with E-state index in [9.17, 15) is 9.59 Å². The fourth-order valence-electron chi connectivity index (χ4n) is 3.21. The molecule has 150 valence electrons. The van der Waals surface area contributed by atoms with Gasteiger partial charge < -0.3 is 15.0 Å². The van der Waals surface area contributed by atoms with Crippen LogP contribution in [-0.2, 0) is 14.3 Å². The molecule has 0 aromatic carbocycles. The summed E-state index contributed by atoms with van der Waals surface area (Å²) in [6.45, 7) is 6.76. The van der Waals surface area contributed by atoms with Crippen LogP contribution in [0, 0.1) is 5.92 Å². The van der Waals surface area contributed by atoms with Gasteiger partial charge in [0.1, 0.15) is 0 Å². The SMILES string of the molecule is COC(=O)C1=C(C)N=C2SC=C(CC(=O)NCCC(C)C)N2C1c1ccsc1. The summed E-state index contributed by atoms with van der Waals surface area (Å²) in [6.07, 6.45) is 1.19. The van der Waals surface area contributed by atoms with Crippen molar-refractivity contribution in [3.63, 3.8) is 0 Å². The highest BCUT2D eigenvalue weighted by atomic mass is 32.2. The molecule has 3 rings (SSSR count). The number of hydrogen-bond donors (Lipinski definition) is 1. The van der Waals surface area contributed by atoms with E-state index in [0.717, 1.165) is 22.8 Å². The number of fused-ring (bicyclic) bond motifs is 1. The molecule has 1 aromatic heterocycles.